The van der Waals surface area contributed by atoms with E-state index in [1.807, 2.05) is 0 Å². The number of hydrogen-bond donors (Lipinski definition) is 14. The molecule has 0 saturated heterocycles. The molecule has 4 rings (SSSR count). The van der Waals surface area contributed by atoms with Crippen molar-refractivity contribution in [1.29, 1.82) is 0 Å². The number of carbonyl (C=O) groups is 9. The summed E-state index contributed by atoms with van der Waals surface area (Å²) in [5.41, 5.74) is 7.36. The van der Waals surface area contributed by atoms with Crippen molar-refractivity contribution in [2.45, 2.75) is 87.7 Å². The molecule has 0 aliphatic rings. The maximum Gasteiger partial charge on any atom is 0.326 e. The molecule has 0 bridgehead atoms. The van der Waals surface area contributed by atoms with E-state index < -0.39 is 109 Å². The monoisotopic (exact) mass is 1040 g/mol. The fraction of sp³-hybridized carbons (Fsp3) is 0.340. The second-order valence-corrected chi connectivity index (χ2v) is 18.0. The molecule has 74 heavy (non-hydrogen) atoms. The average Bonchev–Trinajstić information content (AvgIpc) is 3.36. The molecule has 0 aliphatic heterocycles. The van der Waals surface area contributed by atoms with Crippen LogP contribution < -0.4 is 43.0 Å². The number of benzene rings is 4. The maximum absolute atomic E-state index is 14.4. The standard InChI is InChI=1S/C50H60N8O15S/c1-27(44(66)54-36(19-20-74-2)45(67)57-40(25-43(64)65)49(71)58-41(50(72)73)24-31-9-17-35(62)18-10-31)52-46(68)38(22-29-5-13-33(60)14-6-29)55-48(70)39(23-30-7-15-34(61)16-8-30)56-47(69)37(53-42(63)26-51)21-28-3-11-32(59)12-4-28/h3-18,27,36-41,59-62H,19-26,51H2,1-2H3,(H,52,68)(H,53,63)(H,54,66)(H,55,70)(H,56,69)(H,57,67)(H,58,71)(H,64,65)(H,72,73)/t27-,36-,37-,38-,39-,40-,41-/m0/s1. The largest absolute Gasteiger partial charge is 0.508 e. The van der Waals surface area contributed by atoms with Gasteiger partial charge in [0.2, 0.25) is 41.4 Å². The number of carboxylic acids is 2. The van der Waals surface area contributed by atoms with Gasteiger partial charge in [0, 0.05) is 25.7 Å². The lowest BCUT2D eigenvalue weighted by Crippen LogP contribution is -2.60. The molecule has 0 fully saturated rings. The predicted molar refractivity (Wildman–Crippen MR) is 268 cm³/mol. The smallest absolute Gasteiger partial charge is 0.326 e. The zero-order valence-corrected chi connectivity index (χ0v) is 41.1. The summed E-state index contributed by atoms with van der Waals surface area (Å²) >= 11 is 1.29. The molecular weight excluding hydrogens is 985 g/mol. The Bertz CT molecular complexity index is 2590. The van der Waals surface area contributed by atoms with Crippen molar-refractivity contribution in [1.82, 2.24) is 37.2 Å². The minimum absolute atomic E-state index is 0.0452. The number of thioether (sulfide) groups is 1. The third kappa shape index (κ3) is 19.3. The number of carboxylic acid groups (broad SMARTS) is 2. The van der Waals surface area contributed by atoms with Gasteiger partial charge in [0.15, 0.2) is 0 Å². The quantitative estimate of drug-likeness (QED) is 0.0340. The number of rotatable bonds is 28. The third-order valence-corrected chi connectivity index (χ3v) is 11.9. The first-order valence-electron chi connectivity index (χ1n) is 23.0. The number of phenolic OH excluding ortho intramolecular Hbond substituents is 4. The fourth-order valence-electron chi connectivity index (χ4n) is 7.21. The van der Waals surface area contributed by atoms with Crippen LogP contribution in [0.4, 0.5) is 0 Å². The molecule has 0 radical (unpaired) electrons. The molecule has 7 amide bonds. The average molecular weight is 1050 g/mol. The first kappa shape index (κ1) is 58.2. The van der Waals surface area contributed by atoms with Gasteiger partial charge in [-0.3, -0.25) is 38.4 Å². The Morgan fingerprint density at radius 1 is 0.446 bits per heavy atom. The highest BCUT2D eigenvalue weighted by molar-refractivity contribution is 7.98. The number of hydrogen-bond acceptors (Lipinski definition) is 15. The van der Waals surface area contributed by atoms with Crippen LogP contribution >= 0.6 is 11.8 Å². The number of nitrogens with one attached hydrogen (secondary N) is 7. The lowest BCUT2D eigenvalue weighted by Gasteiger charge is -2.27. The Morgan fingerprint density at radius 2 is 0.757 bits per heavy atom. The highest BCUT2D eigenvalue weighted by atomic mass is 32.2. The van der Waals surface area contributed by atoms with E-state index in [0.717, 1.165) is 0 Å². The number of nitrogens with two attached hydrogens (primary N) is 1. The molecule has 23 nitrogen and oxygen atoms in total. The summed E-state index contributed by atoms with van der Waals surface area (Å²) in [5, 5.41) is 76.1. The Morgan fingerprint density at radius 3 is 1.12 bits per heavy atom. The van der Waals surface area contributed by atoms with Crippen molar-refractivity contribution in [2.24, 2.45) is 5.73 Å². The fourth-order valence-corrected chi connectivity index (χ4v) is 7.68. The Hall–Kier alpha value is -8.38. The number of carbonyl (C=O) groups excluding carboxylic acids is 7. The van der Waals surface area contributed by atoms with E-state index in [1.165, 1.54) is 116 Å². The van der Waals surface area contributed by atoms with Gasteiger partial charge in [-0.1, -0.05) is 48.5 Å². The van der Waals surface area contributed by atoms with Gasteiger partial charge in [-0.05, 0) is 96.1 Å². The van der Waals surface area contributed by atoms with Crippen LogP contribution in [-0.4, -0.2) is 145 Å². The summed E-state index contributed by atoms with van der Waals surface area (Å²) in [4.78, 5) is 120. The number of aliphatic carboxylic acids is 2. The highest BCUT2D eigenvalue weighted by Gasteiger charge is 2.34. The van der Waals surface area contributed by atoms with Gasteiger partial charge < -0.3 is 73.6 Å². The zero-order chi connectivity index (χ0) is 54.5. The van der Waals surface area contributed by atoms with Crippen LogP contribution in [0.1, 0.15) is 42.0 Å². The van der Waals surface area contributed by atoms with Crippen LogP contribution in [-0.2, 0) is 68.8 Å². The minimum atomic E-state index is -1.81. The molecule has 0 saturated carbocycles. The topological polar surface area (TPSA) is 385 Å². The predicted octanol–water partition coefficient (Wildman–Crippen LogP) is -0.536. The molecule has 15 N–H and O–H groups in total. The van der Waals surface area contributed by atoms with Gasteiger partial charge in [-0.2, -0.15) is 11.8 Å². The minimum Gasteiger partial charge on any atom is -0.508 e. The first-order chi connectivity index (χ1) is 35.1. The molecule has 0 heterocycles. The van der Waals surface area contributed by atoms with Crippen LogP contribution in [0.5, 0.6) is 23.0 Å². The van der Waals surface area contributed by atoms with E-state index in [-0.39, 0.29) is 60.9 Å². The summed E-state index contributed by atoms with van der Waals surface area (Å²) in [7, 11) is 0. The van der Waals surface area contributed by atoms with E-state index in [9.17, 15) is 73.8 Å². The summed E-state index contributed by atoms with van der Waals surface area (Å²) in [6.45, 7) is 0.800. The molecule has 24 heteroatoms. The molecule has 396 valence electrons. The second kappa shape index (κ2) is 28.6. The van der Waals surface area contributed by atoms with Gasteiger partial charge in [0.25, 0.3) is 0 Å². The van der Waals surface area contributed by atoms with E-state index in [2.05, 4.69) is 37.2 Å². The molecule has 0 spiro atoms. The third-order valence-electron chi connectivity index (χ3n) is 11.2. The van der Waals surface area contributed by atoms with Crippen molar-refractivity contribution < 1.29 is 73.8 Å². The molecule has 4 aromatic carbocycles. The van der Waals surface area contributed by atoms with Gasteiger partial charge >= 0.3 is 11.9 Å². The molecule has 0 aliphatic carbocycles. The van der Waals surface area contributed by atoms with Crippen LogP contribution in [0.25, 0.3) is 0 Å². The van der Waals surface area contributed by atoms with Crippen molar-refractivity contribution >= 4 is 65.1 Å². The summed E-state index contributed by atoms with van der Waals surface area (Å²) < 4.78 is 0. The summed E-state index contributed by atoms with van der Waals surface area (Å²) in [6.07, 6.45) is -0.107. The normalized spacial score (nSPS) is 13.7. The van der Waals surface area contributed by atoms with Crippen LogP contribution in [0, 0.1) is 0 Å². The molecule has 7 atom stereocenters. The maximum atomic E-state index is 14.4. The van der Waals surface area contributed by atoms with Gasteiger partial charge in [0.1, 0.15) is 65.3 Å². The summed E-state index contributed by atoms with van der Waals surface area (Å²) in [6, 6.07) is 12.2. The van der Waals surface area contributed by atoms with Crippen LogP contribution in [0.15, 0.2) is 97.1 Å². The van der Waals surface area contributed by atoms with E-state index in [1.54, 1.807) is 6.26 Å². The van der Waals surface area contributed by atoms with Crippen molar-refractivity contribution in [3.8, 4) is 23.0 Å². The van der Waals surface area contributed by atoms with E-state index >= 15 is 0 Å². The van der Waals surface area contributed by atoms with E-state index in [0.29, 0.717) is 22.3 Å². The van der Waals surface area contributed by atoms with Crippen molar-refractivity contribution in [3.05, 3.63) is 119 Å². The second-order valence-electron chi connectivity index (χ2n) is 17.1. The van der Waals surface area contributed by atoms with Crippen molar-refractivity contribution in [3.63, 3.8) is 0 Å². The number of phenols is 4. The highest BCUT2D eigenvalue weighted by Crippen LogP contribution is 2.17. The Kier molecular flexibility index (Phi) is 22.5. The lowest BCUT2D eigenvalue weighted by atomic mass is 10.0. The van der Waals surface area contributed by atoms with Crippen molar-refractivity contribution in [2.75, 3.05) is 18.6 Å². The van der Waals surface area contributed by atoms with Crippen LogP contribution in [0.3, 0.4) is 0 Å². The first-order valence-corrected chi connectivity index (χ1v) is 24.4. The molecule has 0 aromatic heterocycles. The molecular formula is C50H60N8O15S. The SMILES string of the molecule is CSCC[C@H](NC(=O)[C@H](C)NC(=O)[C@H](Cc1ccc(O)cc1)NC(=O)[C@H](Cc1ccc(O)cc1)NC(=O)[C@H](Cc1ccc(O)cc1)NC(=O)CN)C(=O)N[C@@H](CC(=O)O)C(=O)N[C@@H](Cc1ccc(O)cc1)C(=O)O. The van der Waals surface area contributed by atoms with Gasteiger partial charge in [-0.15, -0.1) is 0 Å². The van der Waals surface area contributed by atoms with Crippen LogP contribution in [0.2, 0.25) is 0 Å². The molecule has 4 aromatic rings. The zero-order valence-electron chi connectivity index (χ0n) is 40.3. The lowest BCUT2D eigenvalue weighted by molar-refractivity contribution is -0.143. The van der Waals surface area contributed by atoms with Gasteiger partial charge in [0.05, 0.1) is 13.0 Å². The van der Waals surface area contributed by atoms with E-state index in [4.69, 9.17) is 5.73 Å². The van der Waals surface area contributed by atoms with Gasteiger partial charge in [-0.25, -0.2) is 4.79 Å². The number of aromatic hydroxyl groups is 4. The Labute approximate surface area is 429 Å². The molecule has 0 unspecified atom stereocenters. The summed E-state index contributed by atoms with van der Waals surface area (Å²) in [5.74, 6) is -9.48. The number of amides is 7. The Balaban J connectivity index is 1.56.